The molecule has 0 unspecified atom stereocenters. The lowest BCUT2D eigenvalue weighted by Gasteiger charge is -2.05. The maximum Gasteiger partial charge on any atom is 0.277 e. The number of aromatic nitrogens is 4. The zero-order valence-corrected chi connectivity index (χ0v) is 19.1. The minimum Gasteiger partial charge on any atom is -0.322 e. The molecule has 0 spiro atoms. The van der Waals surface area contributed by atoms with Crippen LogP contribution in [-0.4, -0.2) is 34.4 Å². The van der Waals surface area contributed by atoms with E-state index in [9.17, 15) is 17.6 Å². The van der Waals surface area contributed by atoms with Crippen LogP contribution in [0.4, 0.5) is 4.39 Å². The number of H-pyrrole nitrogens is 2. The van der Waals surface area contributed by atoms with Crippen LogP contribution >= 0.6 is 0 Å². The van der Waals surface area contributed by atoms with E-state index in [0.29, 0.717) is 35.6 Å². The van der Waals surface area contributed by atoms with Gasteiger partial charge in [0, 0.05) is 11.8 Å². The first-order valence-electron chi connectivity index (χ1n) is 10.6. The van der Waals surface area contributed by atoms with Gasteiger partial charge in [-0.3, -0.25) is 9.89 Å². The van der Waals surface area contributed by atoms with Crippen molar-refractivity contribution in [1.29, 1.82) is 0 Å². The minimum absolute atomic E-state index is 0.197. The predicted octanol–water partition coefficient (Wildman–Crippen LogP) is 4.04. The van der Waals surface area contributed by atoms with Crippen molar-refractivity contribution in [3.63, 3.8) is 0 Å². The molecule has 2 heterocycles. The average molecular weight is 477 g/mol. The molecule has 0 fully saturated rings. The molecule has 0 aliphatic carbocycles. The van der Waals surface area contributed by atoms with Gasteiger partial charge in [-0.15, -0.1) is 0 Å². The van der Waals surface area contributed by atoms with Gasteiger partial charge in [-0.25, -0.2) is 17.8 Å². The monoisotopic (exact) mass is 476 g/mol. The Bertz CT molecular complexity index is 1610. The number of rotatable bonds is 6. The quantitative estimate of drug-likeness (QED) is 0.386. The summed E-state index contributed by atoms with van der Waals surface area (Å²) in [5, 5.41) is 3.15. The Morgan fingerprint density at radius 1 is 0.941 bits per heavy atom. The summed E-state index contributed by atoms with van der Waals surface area (Å²) in [6.07, 6.45) is 2.08. The second kappa shape index (κ2) is 8.42. The van der Waals surface area contributed by atoms with Crippen LogP contribution in [-0.2, 0) is 22.7 Å². The lowest BCUT2D eigenvalue weighted by atomic mass is 10.0. The molecule has 9 heteroatoms. The topological polar surface area (TPSA) is 101 Å². The molecule has 0 atom stereocenters. The molecular formula is C25H21FN4O3S. The molecule has 0 saturated carbocycles. The Morgan fingerprint density at radius 2 is 1.65 bits per heavy atom. The van der Waals surface area contributed by atoms with Gasteiger partial charge in [-0.05, 0) is 60.4 Å². The number of nitrogens with one attached hydrogen (secondary N) is 2. The van der Waals surface area contributed by atoms with E-state index in [1.165, 1.54) is 28.9 Å². The van der Waals surface area contributed by atoms with E-state index in [1.54, 1.807) is 24.3 Å². The van der Waals surface area contributed by atoms with Crippen LogP contribution in [0, 0.1) is 5.82 Å². The first-order chi connectivity index (χ1) is 16.3. The number of hydrogen-bond acceptors (Lipinski definition) is 4. The van der Waals surface area contributed by atoms with Gasteiger partial charge < -0.3 is 4.98 Å². The number of fused-ring (bicyclic) bond motifs is 1. The van der Waals surface area contributed by atoms with Crippen molar-refractivity contribution >= 4 is 20.9 Å². The number of sulfone groups is 1. The fraction of sp³-hybridized carbons (Fsp3) is 0.120. The number of aryl methyl sites for hydroxylation is 1. The van der Waals surface area contributed by atoms with Gasteiger partial charge in [0.1, 0.15) is 5.82 Å². The fourth-order valence-corrected chi connectivity index (χ4v) is 4.56. The molecule has 5 rings (SSSR count). The molecule has 34 heavy (non-hydrogen) atoms. The third-order valence-corrected chi connectivity index (χ3v) is 6.85. The average Bonchev–Trinajstić information content (AvgIpc) is 3.39. The zero-order chi connectivity index (χ0) is 23.9. The normalized spacial score (nSPS) is 11.8. The summed E-state index contributed by atoms with van der Waals surface area (Å²) in [6.45, 7) is 0. The molecular weight excluding hydrogens is 455 g/mol. The van der Waals surface area contributed by atoms with Gasteiger partial charge in [-0.1, -0.05) is 36.4 Å². The van der Waals surface area contributed by atoms with Crippen LogP contribution < -0.4 is 5.56 Å². The van der Waals surface area contributed by atoms with Crippen molar-refractivity contribution in [1.82, 2.24) is 19.7 Å². The molecule has 0 aliphatic heterocycles. The number of halogens is 1. The fourth-order valence-electron chi connectivity index (χ4n) is 3.93. The highest BCUT2D eigenvalue weighted by molar-refractivity contribution is 7.90. The molecule has 5 aromatic rings. The van der Waals surface area contributed by atoms with Crippen molar-refractivity contribution in [3.05, 3.63) is 100 Å². The molecule has 2 N–H and O–H groups in total. The number of imidazole rings is 1. The Kier molecular flexibility index (Phi) is 5.41. The Balaban J connectivity index is 1.59. The largest absolute Gasteiger partial charge is 0.322 e. The number of hydrogen-bond donors (Lipinski definition) is 2. The van der Waals surface area contributed by atoms with Crippen molar-refractivity contribution in [3.8, 4) is 17.2 Å². The Labute approximate surface area is 194 Å². The summed E-state index contributed by atoms with van der Waals surface area (Å²) in [5.41, 5.74) is 3.94. The van der Waals surface area contributed by atoms with Gasteiger partial charge in [-0.2, -0.15) is 4.68 Å². The molecule has 172 valence electrons. The van der Waals surface area contributed by atoms with Crippen molar-refractivity contribution in [2.24, 2.45) is 0 Å². The standard InChI is InChI=1S/C25H21FN4O3S/c1-34(32,33)19-13-9-17(10-14-19)23-20(15-8-16-6-11-18(26)12-7-16)24(31)30(29-23)25-27-21-4-2-3-5-22(21)28-25/h2-7,9-14,29H,8,15H2,1H3,(H,27,28). The second-order valence-electron chi connectivity index (χ2n) is 8.11. The highest BCUT2D eigenvalue weighted by Gasteiger charge is 2.19. The van der Waals surface area contributed by atoms with Gasteiger partial charge in [0.15, 0.2) is 9.84 Å². The highest BCUT2D eigenvalue weighted by Crippen LogP contribution is 2.24. The zero-order valence-electron chi connectivity index (χ0n) is 18.2. The summed E-state index contributed by atoms with van der Waals surface area (Å²) in [5.74, 6) is 0.0394. The second-order valence-corrected chi connectivity index (χ2v) is 10.1. The lowest BCUT2D eigenvalue weighted by Crippen LogP contribution is -2.18. The third-order valence-electron chi connectivity index (χ3n) is 5.72. The van der Waals surface area contributed by atoms with Gasteiger partial charge in [0.25, 0.3) is 5.56 Å². The van der Waals surface area contributed by atoms with Gasteiger partial charge >= 0.3 is 0 Å². The number of benzene rings is 3. The summed E-state index contributed by atoms with van der Waals surface area (Å²) < 4.78 is 38.4. The summed E-state index contributed by atoms with van der Waals surface area (Å²) in [7, 11) is -3.35. The smallest absolute Gasteiger partial charge is 0.277 e. The van der Waals surface area contributed by atoms with E-state index in [4.69, 9.17) is 0 Å². The van der Waals surface area contributed by atoms with Crippen molar-refractivity contribution < 1.29 is 12.8 Å². The summed E-state index contributed by atoms with van der Waals surface area (Å²) >= 11 is 0. The number of aromatic amines is 2. The molecule has 3 aromatic carbocycles. The number of nitrogens with zero attached hydrogens (tertiary/aromatic N) is 2. The highest BCUT2D eigenvalue weighted by atomic mass is 32.2. The van der Waals surface area contributed by atoms with Crippen molar-refractivity contribution in [2.45, 2.75) is 17.7 Å². The lowest BCUT2D eigenvalue weighted by molar-refractivity contribution is 0.602. The molecule has 2 aromatic heterocycles. The molecule has 0 bridgehead atoms. The number of para-hydroxylation sites is 2. The Morgan fingerprint density at radius 3 is 2.32 bits per heavy atom. The van der Waals surface area contributed by atoms with Crippen LogP contribution in [0.3, 0.4) is 0 Å². The van der Waals surface area contributed by atoms with Crippen molar-refractivity contribution in [2.75, 3.05) is 6.26 Å². The van der Waals surface area contributed by atoms with Crippen LogP contribution in [0.1, 0.15) is 11.1 Å². The summed E-state index contributed by atoms with van der Waals surface area (Å²) in [6, 6.07) is 20.0. The molecule has 0 saturated heterocycles. The maximum atomic E-state index is 13.5. The minimum atomic E-state index is -3.35. The first kappa shape index (κ1) is 21.8. The molecule has 0 aliphatic rings. The van der Waals surface area contributed by atoms with E-state index in [-0.39, 0.29) is 16.3 Å². The van der Waals surface area contributed by atoms with Crippen LogP contribution in [0.15, 0.2) is 82.5 Å². The molecule has 0 amide bonds. The first-order valence-corrected chi connectivity index (χ1v) is 12.5. The van der Waals surface area contributed by atoms with Crippen LogP contribution in [0.25, 0.3) is 28.2 Å². The Hall–Kier alpha value is -3.98. The van der Waals surface area contributed by atoms with Crippen LogP contribution in [0.5, 0.6) is 0 Å². The van der Waals surface area contributed by atoms with E-state index in [1.807, 2.05) is 24.3 Å². The predicted molar refractivity (Wildman–Crippen MR) is 128 cm³/mol. The summed E-state index contributed by atoms with van der Waals surface area (Å²) in [4.78, 5) is 21.3. The van der Waals surface area contributed by atoms with Crippen LogP contribution in [0.2, 0.25) is 0 Å². The van der Waals surface area contributed by atoms with Gasteiger partial charge in [0.2, 0.25) is 5.95 Å². The van der Waals surface area contributed by atoms with E-state index >= 15 is 0 Å². The van der Waals surface area contributed by atoms with E-state index in [0.717, 1.165) is 22.9 Å². The third kappa shape index (κ3) is 4.17. The molecule has 0 radical (unpaired) electrons. The van der Waals surface area contributed by atoms with Gasteiger partial charge in [0.05, 0.1) is 21.6 Å². The van der Waals surface area contributed by atoms with E-state index < -0.39 is 9.84 Å². The molecule has 7 nitrogen and oxygen atoms in total. The SMILES string of the molecule is CS(=O)(=O)c1ccc(-c2[nH]n(-c3nc4ccccc4[nH]3)c(=O)c2CCc2ccc(F)cc2)cc1. The maximum absolute atomic E-state index is 13.5. The van der Waals surface area contributed by atoms with E-state index in [2.05, 4.69) is 15.1 Å².